The second-order valence-corrected chi connectivity index (χ2v) is 5.69. The number of benzene rings is 1. The van der Waals surface area contributed by atoms with Crippen molar-refractivity contribution in [2.24, 2.45) is 5.92 Å². The normalized spacial score (nSPS) is 17.7. The third-order valence-corrected chi connectivity index (χ3v) is 4.34. The van der Waals surface area contributed by atoms with Gasteiger partial charge in [-0.3, -0.25) is 9.69 Å². The van der Waals surface area contributed by atoms with Crippen molar-refractivity contribution in [2.75, 3.05) is 19.7 Å². The van der Waals surface area contributed by atoms with Gasteiger partial charge in [0, 0.05) is 13.1 Å². The molecule has 118 valence electrons. The molecule has 1 unspecified atom stereocenters. The quantitative estimate of drug-likeness (QED) is 0.784. The second-order valence-electron chi connectivity index (χ2n) is 5.69. The van der Waals surface area contributed by atoms with Crippen LogP contribution in [0.1, 0.15) is 43.9 Å². The van der Waals surface area contributed by atoms with Crippen molar-refractivity contribution in [3.05, 3.63) is 35.4 Å². The van der Waals surface area contributed by atoms with Gasteiger partial charge in [-0.1, -0.05) is 31.2 Å². The predicted octanol–water partition coefficient (Wildman–Crippen LogP) is 3.09. The van der Waals surface area contributed by atoms with Crippen LogP contribution in [0.25, 0.3) is 0 Å². The Morgan fingerprint density at radius 3 is 2.45 bits per heavy atom. The molecule has 1 aliphatic heterocycles. The van der Waals surface area contributed by atoms with Gasteiger partial charge in [0.25, 0.3) is 0 Å². The lowest BCUT2D eigenvalue weighted by molar-refractivity contribution is -0.149. The number of esters is 1. The first-order valence-electron chi connectivity index (χ1n) is 8.08. The summed E-state index contributed by atoms with van der Waals surface area (Å²) in [6.45, 7) is 5.91. The van der Waals surface area contributed by atoms with Gasteiger partial charge in [-0.2, -0.15) is 5.26 Å². The first-order chi connectivity index (χ1) is 10.7. The third kappa shape index (κ3) is 3.86. The SMILES string of the molecule is CCOC(=O)C1CCN(C(C#N)c2ccc(CC)cc2)CC1. The zero-order valence-electron chi connectivity index (χ0n) is 13.4. The minimum Gasteiger partial charge on any atom is -0.466 e. The van der Waals surface area contributed by atoms with Gasteiger partial charge in [-0.25, -0.2) is 0 Å². The minimum atomic E-state index is -0.228. The molecule has 0 radical (unpaired) electrons. The highest BCUT2D eigenvalue weighted by Gasteiger charge is 2.30. The lowest BCUT2D eigenvalue weighted by Crippen LogP contribution is -2.38. The van der Waals surface area contributed by atoms with Gasteiger partial charge >= 0.3 is 5.97 Å². The number of nitriles is 1. The monoisotopic (exact) mass is 300 g/mol. The molecule has 2 rings (SSSR count). The van der Waals surface area contributed by atoms with E-state index in [0.29, 0.717) is 6.61 Å². The Labute approximate surface area is 132 Å². The smallest absolute Gasteiger partial charge is 0.309 e. The molecule has 1 fully saturated rings. The molecule has 4 heteroatoms. The number of carbonyl (C=O) groups is 1. The Balaban J connectivity index is 1.98. The number of nitrogens with zero attached hydrogens (tertiary/aromatic N) is 2. The molecule has 1 aromatic carbocycles. The van der Waals surface area contributed by atoms with Gasteiger partial charge in [-0.05, 0) is 37.3 Å². The van der Waals surface area contributed by atoms with Crippen LogP contribution in [0.15, 0.2) is 24.3 Å². The molecule has 22 heavy (non-hydrogen) atoms. The van der Waals surface area contributed by atoms with Gasteiger partial charge in [0.1, 0.15) is 6.04 Å². The Morgan fingerprint density at radius 1 is 1.32 bits per heavy atom. The topological polar surface area (TPSA) is 53.3 Å². The van der Waals surface area contributed by atoms with Crippen molar-refractivity contribution < 1.29 is 9.53 Å². The number of carbonyl (C=O) groups excluding carboxylic acids is 1. The van der Waals surface area contributed by atoms with E-state index in [1.165, 1.54) is 5.56 Å². The Kier molecular flexibility index (Phi) is 5.97. The van der Waals surface area contributed by atoms with Crippen LogP contribution in [-0.2, 0) is 16.0 Å². The average molecular weight is 300 g/mol. The number of piperidine rings is 1. The predicted molar refractivity (Wildman–Crippen MR) is 85.1 cm³/mol. The standard InChI is InChI=1S/C18H24N2O2/c1-3-14-5-7-15(8-6-14)17(13-19)20-11-9-16(10-12-20)18(21)22-4-2/h5-8,16-17H,3-4,9-12H2,1-2H3. The molecule has 0 aliphatic carbocycles. The zero-order chi connectivity index (χ0) is 15.9. The summed E-state index contributed by atoms with van der Waals surface area (Å²) >= 11 is 0. The summed E-state index contributed by atoms with van der Waals surface area (Å²) < 4.78 is 5.09. The maximum atomic E-state index is 11.8. The van der Waals surface area contributed by atoms with Crippen LogP contribution in [0.5, 0.6) is 0 Å². The van der Waals surface area contributed by atoms with Gasteiger partial charge in [-0.15, -0.1) is 0 Å². The molecule has 0 saturated carbocycles. The molecule has 1 aromatic rings. The summed E-state index contributed by atoms with van der Waals surface area (Å²) in [5.41, 5.74) is 2.32. The van der Waals surface area contributed by atoms with Gasteiger partial charge < -0.3 is 4.74 Å². The first-order valence-corrected chi connectivity index (χ1v) is 8.08. The molecule has 1 heterocycles. The Bertz CT molecular complexity index is 525. The Hall–Kier alpha value is -1.86. The van der Waals surface area contributed by atoms with E-state index < -0.39 is 0 Å². The maximum Gasteiger partial charge on any atom is 0.309 e. The zero-order valence-corrected chi connectivity index (χ0v) is 13.4. The van der Waals surface area contributed by atoms with E-state index >= 15 is 0 Å². The first kappa shape index (κ1) is 16.5. The molecular weight excluding hydrogens is 276 g/mol. The van der Waals surface area contributed by atoms with Crippen molar-refractivity contribution in [3.63, 3.8) is 0 Å². The number of ether oxygens (including phenoxy) is 1. The fourth-order valence-corrected chi connectivity index (χ4v) is 2.96. The van der Waals surface area contributed by atoms with Crippen LogP contribution >= 0.6 is 0 Å². The van der Waals surface area contributed by atoms with Crippen LogP contribution in [0.2, 0.25) is 0 Å². The molecule has 0 amide bonds. The van der Waals surface area contributed by atoms with Crippen LogP contribution in [-0.4, -0.2) is 30.6 Å². The summed E-state index contributed by atoms with van der Waals surface area (Å²) in [6.07, 6.45) is 2.54. The molecule has 1 atom stereocenters. The minimum absolute atomic E-state index is 0.0157. The largest absolute Gasteiger partial charge is 0.466 e. The van der Waals surface area contributed by atoms with Crippen molar-refractivity contribution >= 4 is 5.97 Å². The average Bonchev–Trinajstić information content (AvgIpc) is 2.57. The molecule has 0 N–H and O–H groups in total. The second kappa shape index (κ2) is 7.95. The van der Waals surface area contributed by atoms with E-state index in [-0.39, 0.29) is 17.9 Å². The summed E-state index contributed by atoms with van der Waals surface area (Å²) in [7, 11) is 0. The highest BCUT2D eigenvalue weighted by Crippen LogP contribution is 2.27. The highest BCUT2D eigenvalue weighted by atomic mass is 16.5. The Morgan fingerprint density at radius 2 is 1.95 bits per heavy atom. The van der Waals surface area contributed by atoms with E-state index in [0.717, 1.165) is 37.9 Å². The van der Waals surface area contributed by atoms with Crippen molar-refractivity contribution in [1.82, 2.24) is 4.90 Å². The number of aryl methyl sites for hydroxylation is 1. The lowest BCUT2D eigenvalue weighted by atomic mass is 9.94. The summed E-state index contributed by atoms with van der Waals surface area (Å²) in [6, 6.07) is 10.4. The van der Waals surface area contributed by atoms with E-state index in [4.69, 9.17) is 4.74 Å². The summed E-state index contributed by atoms with van der Waals surface area (Å²) in [5.74, 6) is -0.110. The third-order valence-electron chi connectivity index (χ3n) is 4.34. The molecule has 1 saturated heterocycles. The summed E-state index contributed by atoms with van der Waals surface area (Å²) in [4.78, 5) is 13.9. The van der Waals surface area contributed by atoms with E-state index in [1.807, 2.05) is 19.1 Å². The van der Waals surface area contributed by atoms with E-state index in [9.17, 15) is 10.1 Å². The number of likely N-dealkylation sites (tertiary alicyclic amines) is 1. The number of hydrogen-bond acceptors (Lipinski definition) is 4. The molecule has 0 aromatic heterocycles. The lowest BCUT2D eigenvalue weighted by Gasteiger charge is -2.33. The number of hydrogen-bond donors (Lipinski definition) is 0. The van der Waals surface area contributed by atoms with Crippen LogP contribution in [0.4, 0.5) is 0 Å². The maximum absolute atomic E-state index is 11.8. The highest BCUT2D eigenvalue weighted by molar-refractivity contribution is 5.72. The van der Waals surface area contributed by atoms with Crippen LogP contribution < -0.4 is 0 Å². The van der Waals surface area contributed by atoms with Crippen LogP contribution in [0.3, 0.4) is 0 Å². The molecular formula is C18H24N2O2. The van der Waals surface area contributed by atoms with Crippen molar-refractivity contribution in [3.8, 4) is 6.07 Å². The van der Waals surface area contributed by atoms with Crippen LogP contribution in [0, 0.1) is 17.2 Å². The van der Waals surface area contributed by atoms with Gasteiger partial charge in [0.15, 0.2) is 0 Å². The van der Waals surface area contributed by atoms with Gasteiger partial charge in [0.2, 0.25) is 0 Å². The fourth-order valence-electron chi connectivity index (χ4n) is 2.96. The van der Waals surface area contributed by atoms with Crippen molar-refractivity contribution in [1.29, 1.82) is 5.26 Å². The molecule has 1 aliphatic rings. The van der Waals surface area contributed by atoms with Crippen molar-refractivity contribution in [2.45, 2.75) is 39.2 Å². The molecule has 0 bridgehead atoms. The molecule has 4 nitrogen and oxygen atoms in total. The number of rotatable bonds is 5. The van der Waals surface area contributed by atoms with E-state index in [1.54, 1.807) is 0 Å². The molecule has 0 spiro atoms. The van der Waals surface area contributed by atoms with E-state index in [2.05, 4.69) is 30.0 Å². The summed E-state index contributed by atoms with van der Waals surface area (Å²) in [5, 5.41) is 9.53. The van der Waals surface area contributed by atoms with Gasteiger partial charge in [0.05, 0.1) is 18.6 Å². The fraction of sp³-hybridized carbons (Fsp3) is 0.556.